The molecule has 1 unspecified atom stereocenters. The summed E-state index contributed by atoms with van der Waals surface area (Å²) in [5, 5.41) is 4.90. The average molecular weight is 390 g/mol. The monoisotopic (exact) mass is 390 g/mol. The van der Waals surface area contributed by atoms with Gasteiger partial charge in [-0.15, -0.1) is 0 Å². The lowest BCUT2D eigenvalue weighted by atomic mass is 10.1. The number of benzene rings is 2. The van der Waals surface area contributed by atoms with Crippen LogP contribution >= 0.6 is 11.9 Å². The lowest BCUT2D eigenvalue weighted by Crippen LogP contribution is -1.98. The van der Waals surface area contributed by atoms with Crippen LogP contribution in [0.5, 0.6) is 17.2 Å². The fourth-order valence-electron chi connectivity index (χ4n) is 2.67. The molecule has 1 heterocycles. The maximum atomic E-state index is 5.55. The molecule has 0 radical (unpaired) electrons. The molecule has 2 aromatic carbocycles. The van der Waals surface area contributed by atoms with E-state index in [4.69, 9.17) is 23.5 Å². The van der Waals surface area contributed by atoms with E-state index in [1.54, 1.807) is 28.4 Å². The molecule has 144 valence electrons. The molecule has 0 aliphatic heterocycles. The second kappa shape index (κ2) is 8.41. The van der Waals surface area contributed by atoms with Gasteiger partial charge in [-0.25, -0.2) is 0 Å². The Bertz CT molecular complexity index is 906. The van der Waals surface area contributed by atoms with E-state index in [2.05, 4.69) is 9.88 Å². The second-order valence-corrected chi connectivity index (χ2v) is 6.52. The van der Waals surface area contributed by atoms with Gasteiger partial charge in [-0.2, -0.15) is 0 Å². The maximum absolute atomic E-state index is 5.55. The molecule has 0 bridgehead atoms. The molecule has 0 fully saturated rings. The van der Waals surface area contributed by atoms with Crippen molar-refractivity contribution in [2.24, 2.45) is 0 Å². The highest BCUT2D eigenvalue weighted by Crippen LogP contribution is 2.41. The molecule has 7 nitrogen and oxygen atoms in total. The van der Waals surface area contributed by atoms with Crippen LogP contribution in [0.1, 0.15) is 18.6 Å². The van der Waals surface area contributed by atoms with Crippen molar-refractivity contribution in [3.63, 3.8) is 0 Å². The van der Waals surface area contributed by atoms with Gasteiger partial charge in [0.15, 0.2) is 11.4 Å². The van der Waals surface area contributed by atoms with E-state index in [-0.39, 0.29) is 6.10 Å². The van der Waals surface area contributed by atoms with Crippen molar-refractivity contribution in [3.05, 3.63) is 35.9 Å². The van der Waals surface area contributed by atoms with Crippen molar-refractivity contribution in [3.8, 4) is 17.2 Å². The molecule has 0 spiro atoms. The van der Waals surface area contributed by atoms with Crippen molar-refractivity contribution in [2.75, 3.05) is 33.2 Å². The number of aromatic nitrogens is 1. The Balaban J connectivity index is 1.95. The van der Waals surface area contributed by atoms with Gasteiger partial charge in [0.2, 0.25) is 0 Å². The van der Waals surface area contributed by atoms with E-state index in [1.807, 2.05) is 37.3 Å². The number of nitrogens with one attached hydrogen (secondary N) is 1. The number of ether oxygens (including phenoxy) is 4. The van der Waals surface area contributed by atoms with E-state index in [0.717, 1.165) is 15.8 Å². The first-order valence-electron chi connectivity index (χ1n) is 8.26. The molecule has 0 saturated carbocycles. The minimum atomic E-state index is -0.0861. The summed E-state index contributed by atoms with van der Waals surface area (Å²) < 4.78 is 30.5. The zero-order valence-electron chi connectivity index (χ0n) is 15.9. The molecule has 3 aromatic rings. The maximum Gasteiger partial charge on any atom is 0.191 e. The van der Waals surface area contributed by atoms with Crippen LogP contribution in [-0.2, 0) is 4.74 Å². The number of methoxy groups -OCH3 is 4. The summed E-state index contributed by atoms with van der Waals surface area (Å²) in [6.07, 6.45) is -0.0861. The predicted octanol–water partition coefficient (Wildman–Crippen LogP) is 4.68. The summed E-state index contributed by atoms with van der Waals surface area (Å²) >= 11 is 1.33. The summed E-state index contributed by atoms with van der Waals surface area (Å²) in [5.74, 6) is 2.60. The zero-order valence-corrected chi connectivity index (χ0v) is 16.7. The summed E-state index contributed by atoms with van der Waals surface area (Å²) in [6, 6.07) is 9.43. The van der Waals surface area contributed by atoms with Gasteiger partial charge in [-0.05, 0) is 48.7 Å². The quantitative estimate of drug-likeness (QED) is 0.556. The molecule has 0 amide bonds. The molecule has 1 atom stereocenters. The molecule has 3 rings (SSSR count). The Morgan fingerprint density at radius 1 is 1.00 bits per heavy atom. The molecule has 0 saturated heterocycles. The van der Waals surface area contributed by atoms with Crippen molar-refractivity contribution in [1.29, 1.82) is 0 Å². The number of hydrogen-bond donors (Lipinski definition) is 1. The van der Waals surface area contributed by atoms with Crippen LogP contribution in [0.4, 0.5) is 5.82 Å². The largest absolute Gasteiger partial charge is 0.496 e. The average Bonchev–Trinajstić information content (AvgIpc) is 3.13. The van der Waals surface area contributed by atoms with Gasteiger partial charge in [-0.3, -0.25) is 0 Å². The fourth-order valence-corrected chi connectivity index (χ4v) is 3.52. The first kappa shape index (κ1) is 19.2. The highest BCUT2D eigenvalue weighted by molar-refractivity contribution is 8.00. The number of fused-ring (bicyclic) bond motifs is 1. The van der Waals surface area contributed by atoms with Crippen LogP contribution in [0.2, 0.25) is 0 Å². The predicted molar refractivity (Wildman–Crippen MR) is 105 cm³/mol. The van der Waals surface area contributed by atoms with Crippen LogP contribution in [0.25, 0.3) is 11.0 Å². The number of anilines is 1. The normalized spacial score (nSPS) is 12.0. The highest BCUT2D eigenvalue weighted by atomic mass is 32.2. The van der Waals surface area contributed by atoms with Gasteiger partial charge in [0.1, 0.15) is 27.5 Å². The van der Waals surface area contributed by atoms with Crippen LogP contribution in [0.3, 0.4) is 0 Å². The molecule has 27 heavy (non-hydrogen) atoms. The van der Waals surface area contributed by atoms with Gasteiger partial charge in [-0.1, -0.05) is 11.2 Å². The van der Waals surface area contributed by atoms with Crippen LogP contribution in [0, 0.1) is 0 Å². The van der Waals surface area contributed by atoms with Gasteiger partial charge in [0, 0.05) is 7.11 Å². The molecule has 8 heteroatoms. The topological polar surface area (TPSA) is 75.0 Å². The van der Waals surface area contributed by atoms with E-state index >= 15 is 0 Å². The third kappa shape index (κ3) is 3.77. The Kier molecular flexibility index (Phi) is 5.98. The van der Waals surface area contributed by atoms with Crippen LogP contribution in [-0.4, -0.2) is 33.6 Å². The third-order valence-corrected chi connectivity index (χ3v) is 5.14. The van der Waals surface area contributed by atoms with E-state index < -0.39 is 0 Å². The Hall–Kier alpha value is -2.58. The van der Waals surface area contributed by atoms with Gasteiger partial charge < -0.3 is 28.2 Å². The number of hydrogen-bond acceptors (Lipinski definition) is 8. The minimum absolute atomic E-state index is 0.0861. The lowest BCUT2D eigenvalue weighted by molar-refractivity contribution is 0.119. The number of nitrogens with zero attached hydrogens (tertiary/aromatic N) is 1. The van der Waals surface area contributed by atoms with Crippen molar-refractivity contribution in [2.45, 2.75) is 17.9 Å². The van der Waals surface area contributed by atoms with Crippen molar-refractivity contribution >= 4 is 28.7 Å². The van der Waals surface area contributed by atoms with Crippen LogP contribution < -0.4 is 18.9 Å². The standard InChI is InChI=1S/C19H22N2O5S/c1-11(22-2)12-9-15(25-5)17-16(10-12)26-20-19(17)21-27-18-13(23-3)7-6-8-14(18)24-4/h6-11H,1-5H3,(H,20,21). The van der Waals surface area contributed by atoms with Gasteiger partial charge in [0.05, 0.1) is 27.4 Å². The summed E-state index contributed by atoms with van der Waals surface area (Å²) in [6.45, 7) is 1.96. The Labute approximate surface area is 162 Å². The number of rotatable bonds is 8. The zero-order chi connectivity index (χ0) is 19.4. The highest BCUT2D eigenvalue weighted by Gasteiger charge is 2.19. The smallest absolute Gasteiger partial charge is 0.191 e. The third-order valence-electron chi connectivity index (χ3n) is 4.24. The molecular weight excluding hydrogens is 368 g/mol. The van der Waals surface area contributed by atoms with Gasteiger partial charge >= 0.3 is 0 Å². The van der Waals surface area contributed by atoms with E-state index in [9.17, 15) is 0 Å². The van der Waals surface area contributed by atoms with Crippen LogP contribution in [0.15, 0.2) is 39.8 Å². The minimum Gasteiger partial charge on any atom is -0.496 e. The van der Waals surface area contributed by atoms with E-state index in [0.29, 0.717) is 28.6 Å². The van der Waals surface area contributed by atoms with Crippen molar-refractivity contribution in [1.82, 2.24) is 5.16 Å². The Morgan fingerprint density at radius 2 is 1.67 bits per heavy atom. The van der Waals surface area contributed by atoms with Gasteiger partial charge in [0.25, 0.3) is 0 Å². The van der Waals surface area contributed by atoms with Crippen molar-refractivity contribution < 1.29 is 23.5 Å². The summed E-state index contributed by atoms with van der Waals surface area (Å²) in [7, 11) is 6.51. The lowest BCUT2D eigenvalue weighted by Gasteiger charge is -2.13. The second-order valence-electron chi connectivity index (χ2n) is 5.70. The molecule has 0 aliphatic carbocycles. The Morgan fingerprint density at radius 3 is 2.26 bits per heavy atom. The summed E-state index contributed by atoms with van der Waals surface area (Å²) in [5.41, 5.74) is 1.56. The first-order chi connectivity index (χ1) is 13.1. The molecule has 1 N–H and O–H groups in total. The molecule has 1 aromatic heterocycles. The first-order valence-corrected chi connectivity index (χ1v) is 9.08. The molecular formula is C19H22N2O5S. The fraction of sp³-hybridized carbons (Fsp3) is 0.316. The molecule has 0 aliphatic rings. The summed E-state index contributed by atoms with van der Waals surface area (Å²) in [4.78, 5) is 0.808. The van der Waals surface area contributed by atoms with E-state index in [1.165, 1.54) is 11.9 Å². The SMILES string of the molecule is COc1cccc(OC)c1SNc1noc2cc(C(C)OC)cc(OC)c12.